The number of hydrogen-bond donors (Lipinski definition) is 0. The average Bonchev–Trinajstić information content (AvgIpc) is 2.06. The smallest absolute Gasteiger partial charge is 0.417 e. The van der Waals surface area contributed by atoms with Gasteiger partial charge in [-0.15, -0.1) is 0 Å². The van der Waals surface area contributed by atoms with Gasteiger partial charge in [0.2, 0.25) is 0 Å². The molecule has 1 rings (SSSR count). The fraction of sp³-hybridized carbons (Fsp3) is 0. The highest BCUT2D eigenvalue weighted by atomic mass is 16.5. The van der Waals surface area contributed by atoms with Crippen LogP contribution in [0.1, 0.15) is 5.56 Å². The zero-order chi connectivity index (χ0) is 8.10. The molecule has 0 fully saturated rings. The molecule has 0 spiro atoms. The van der Waals surface area contributed by atoms with Crippen molar-refractivity contribution in [1.29, 1.82) is 5.26 Å². The van der Waals surface area contributed by atoms with Gasteiger partial charge in [0.05, 0.1) is 5.56 Å². The Morgan fingerprint density at radius 2 is 2.09 bits per heavy atom. The molecule has 0 aliphatic carbocycles. The molecule has 1 aromatic rings. The van der Waals surface area contributed by atoms with Gasteiger partial charge in [0.15, 0.2) is 0 Å². The van der Waals surface area contributed by atoms with Gasteiger partial charge in [-0.05, 0) is 12.1 Å². The van der Waals surface area contributed by atoms with Gasteiger partial charge < -0.3 is 4.74 Å². The Hall–Kier alpha value is -1.82. The number of carbonyl (C=O) groups excluding carboxylic acids is 1. The summed E-state index contributed by atoms with van der Waals surface area (Å²) < 4.78 is 4.40. The van der Waals surface area contributed by atoms with Gasteiger partial charge in [-0.3, -0.25) is 0 Å². The highest BCUT2D eigenvalue weighted by Gasteiger charge is 1.99. The molecular formula is C8H4NO2. The number of hydrogen-bond acceptors (Lipinski definition) is 3. The monoisotopic (exact) mass is 146 g/mol. The molecule has 11 heavy (non-hydrogen) atoms. The summed E-state index contributed by atoms with van der Waals surface area (Å²) in [7, 11) is 0. The molecule has 0 heterocycles. The number of ether oxygens (including phenoxy) is 1. The standard InChI is InChI=1S/C8H4NO2/c9-5-7-3-1-2-4-8(7)11-6-10/h1-4H. The van der Waals surface area contributed by atoms with Crippen LogP contribution >= 0.6 is 0 Å². The van der Waals surface area contributed by atoms with Gasteiger partial charge >= 0.3 is 6.47 Å². The topological polar surface area (TPSA) is 50.1 Å². The first-order valence-electron chi connectivity index (χ1n) is 2.91. The van der Waals surface area contributed by atoms with Crippen molar-refractivity contribution in [2.45, 2.75) is 0 Å². The molecule has 0 bridgehead atoms. The van der Waals surface area contributed by atoms with Crippen LogP contribution in [-0.2, 0) is 4.79 Å². The molecule has 0 saturated carbocycles. The minimum atomic E-state index is 0.241. The van der Waals surface area contributed by atoms with E-state index in [-0.39, 0.29) is 5.75 Å². The van der Waals surface area contributed by atoms with Crippen LogP contribution in [0.2, 0.25) is 0 Å². The molecule has 0 unspecified atom stereocenters. The number of rotatable bonds is 2. The fourth-order valence-electron chi connectivity index (χ4n) is 0.693. The molecule has 1 aromatic carbocycles. The third-order valence-electron chi connectivity index (χ3n) is 1.16. The largest absolute Gasteiger partial charge is 0.423 e. The molecule has 0 saturated heterocycles. The molecule has 3 nitrogen and oxygen atoms in total. The van der Waals surface area contributed by atoms with Crippen LogP contribution in [0.5, 0.6) is 5.75 Å². The fourth-order valence-corrected chi connectivity index (χ4v) is 0.693. The van der Waals surface area contributed by atoms with E-state index in [0.29, 0.717) is 5.56 Å². The second-order valence-electron chi connectivity index (χ2n) is 1.79. The highest BCUT2D eigenvalue weighted by molar-refractivity contribution is 5.51. The lowest BCUT2D eigenvalue weighted by atomic mass is 10.2. The Morgan fingerprint density at radius 1 is 1.36 bits per heavy atom. The van der Waals surface area contributed by atoms with Gasteiger partial charge in [0.25, 0.3) is 0 Å². The Labute approximate surface area is 63.8 Å². The molecule has 0 atom stereocenters. The number of benzene rings is 1. The van der Waals surface area contributed by atoms with Crippen LogP contribution in [0, 0.1) is 11.3 Å². The van der Waals surface area contributed by atoms with E-state index in [4.69, 9.17) is 5.26 Å². The first-order valence-corrected chi connectivity index (χ1v) is 2.91. The lowest BCUT2D eigenvalue weighted by Crippen LogP contribution is -1.90. The Kier molecular flexibility index (Phi) is 2.24. The molecule has 3 heteroatoms. The van der Waals surface area contributed by atoms with E-state index < -0.39 is 0 Å². The number of nitrogens with zero attached hydrogens (tertiary/aromatic N) is 1. The summed E-state index contributed by atoms with van der Waals surface area (Å²) in [5.74, 6) is 0.241. The van der Waals surface area contributed by atoms with E-state index in [1.54, 1.807) is 18.2 Å². The second kappa shape index (κ2) is 3.37. The number of nitriles is 1. The predicted octanol–water partition coefficient (Wildman–Crippen LogP) is 1.00. The van der Waals surface area contributed by atoms with E-state index in [1.807, 2.05) is 6.07 Å². The third-order valence-corrected chi connectivity index (χ3v) is 1.16. The summed E-state index contributed by atoms with van der Waals surface area (Å²) in [6, 6.07) is 8.33. The van der Waals surface area contributed by atoms with Crippen molar-refractivity contribution in [3.63, 3.8) is 0 Å². The zero-order valence-corrected chi connectivity index (χ0v) is 5.57. The van der Waals surface area contributed by atoms with Crippen LogP contribution in [0.3, 0.4) is 0 Å². The summed E-state index contributed by atoms with van der Waals surface area (Å²) in [4.78, 5) is 9.79. The summed E-state index contributed by atoms with van der Waals surface area (Å²) in [5, 5.41) is 8.49. The molecule has 1 radical (unpaired) electrons. The van der Waals surface area contributed by atoms with Crippen molar-refractivity contribution in [2.24, 2.45) is 0 Å². The first-order chi connectivity index (χ1) is 5.38. The summed E-state index contributed by atoms with van der Waals surface area (Å²) in [6.07, 6.45) is 0. The van der Waals surface area contributed by atoms with Crippen molar-refractivity contribution in [2.75, 3.05) is 0 Å². The lowest BCUT2D eigenvalue weighted by molar-refractivity contribution is 0.442. The van der Waals surface area contributed by atoms with Gasteiger partial charge in [-0.2, -0.15) is 5.26 Å². The minimum absolute atomic E-state index is 0.241. The zero-order valence-electron chi connectivity index (χ0n) is 5.57. The molecule has 0 aliphatic rings. The van der Waals surface area contributed by atoms with Crippen LogP contribution in [0.15, 0.2) is 24.3 Å². The van der Waals surface area contributed by atoms with Crippen molar-refractivity contribution < 1.29 is 9.53 Å². The quantitative estimate of drug-likeness (QED) is 0.625. The lowest BCUT2D eigenvalue weighted by Gasteiger charge is -1.96. The third kappa shape index (κ3) is 1.55. The van der Waals surface area contributed by atoms with E-state index in [9.17, 15) is 4.79 Å². The molecular weight excluding hydrogens is 142 g/mol. The molecule has 0 amide bonds. The summed E-state index contributed by atoms with van der Waals surface area (Å²) >= 11 is 0. The maximum absolute atomic E-state index is 9.79. The van der Waals surface area contributed by atoms with Crippen molar-refractivity contribution in [3.8, 4) is 11.8 Å². The minimum Gasteiger partial charge on any atom is -0.417 e. The van der Waals surface area contributed by atoms with E-state index in [2.05, 4.69) is 4.74 Å². The first kappa shape index (κ1) is 7.29. The van der Waals surface area contributed by atoms with E-state index >= 15 is 0 Å². The highest BCUT2D eigenvalue weighted by Crippen LogP contribution is 2.14. The maximum Gasteiger partial charge on any atom is 0.423 e. The summed E-state index contributed by atoms with van der Waals surface area (Å²) in [5.41, 5.74) is 0.329. The van der Waals surface area contributed by atoms with Crippen molar-refractivity contribution in [1.82, 2.24) is 0 Å². The average molecular weight is 146 g/mol. The maximum atomic E-state index is 9.79. The van der Waals surface area contributed by atoms with Crippen LogP contribution in [0.4, 0.5) is 0 Å². The van der Waals surface area contributed by atoms with Gasteiger partial charge in [0.1, 0.15) is 11.8 Å². The van der Waals surface area contributed by atoms with Crippen molar-refractivity contribution >= 4 is 6.47 Å². The Bertz CT molecular complexity index is 301. The van der Waals surface area contributed by atoms with Crippen molar-refractivity contribution in [3.05, 3.63) is 29.8 Å². The predicted molar refractivity (Wildman–Crippen MR) is 37.5 cm³/mol. The van der Waals surface area contributed by atoms with Gasteiger partial charge in [-0.25, -0.2) is 4.79 Å². The van der Waals surface area contributed by atoms with Crippen LogP contribution < -0.4 is 4.74 Å². The number of para-hydroxylation sites is 1. The molecule has 0 N–H and O–H groups in total. The van der Waals surface area contributed by atoms with E-state index in [1.165, 1.54) is 12.5 Å². The summed E-state index contributed by atoms with van der Waals surface area (Å²) in [6.45, 7) is 1.26. The van der Waals surface area contributed by atoms with E-state index in [0.717, 1.165) is 0 Å². The second-order valence-corrected chi connectivity index (χ2v) is 1.79. The van der Waals surface area contributed by atoms with Gasteiger partial charge in [0, 0.05) is 0 Å². The molecule has 53 valence electrons. The van der Waals surface area contributed by atoms with Gasteiger partial charge in [-0.1, -0.05) is 12.1 Å². The molecule has 0 aromatic heterocycles. The Balaban J connectivity index is 3.04. The normalized spacial score (nSPS) is 8.27. The SMILES string of the molecule is N#Cc1ccccc1O[C]=O. The van der Waals surface area contributed by atoms with Crippen LogP contribution in [0.25, 0.3) is 0 Å². The van der Waals surface area contributed by atoms with Crippen LogP contribution in [-0.4, -0.2) is 6.47 Å². The molecule has 0 aliphatic heterocycles. The Morgan fingerprint density at radius 3 is 2.73 bits per heavy atom.